The van der Waals surface area contributed by atoms with Crippen LogP contribution < -0.4 is 10.2 Å². The van der Waals surface area contributed by atoms with Crippen LogP contribution in [0.5, 0.6) is 5.75 Å². The van der Waals surface area contributed by atoms with Crippen LogP contribution in [0.3, 0.4) is 0 Å². The molecule has 2 N–H and O–H groups in total. The molecule has 0 spiro atoms. The van der Waals surface area contributed by atoms with Gasteiger partial charge in [0.25, 0.3) is 0 Å². The van der Waals surface area contributed by atoms with E-state index in [1.165, 1.54) is 19.3 Å². The van der Waals surface area contributed by atoms with Crippen LogP contribution in [0.25, 0.3) is 10.8 Å². The summed E-state index contributed by atoms with van der Waals surface area (Å²) in [6.07, 6.45) is 6.90. The van der Waals surface area contributed by atoms with E-state index in [1.807, 2.05) is 41.3 Å². The van der Waals surface area contributed by atoms with Crippen molar-refractivity contribution >= 4 is 45.4 Å². The van der Waals surface area contributed by atoms with Crippen LogP contribution in [0, 0.1) is 23.2 Å². The van der Waals surface area contributed by atoms with E-state index in [9.17, 15) is 9.90 Å². The molecule has 3 aromatic carbocycles. The molecule has 0 heterocycles. The number of fused-ring (bicyclic) bond motifs is 1. The number of hydrogen-bond acceptors (Lipinski definition) is 3. The van der Waals surface area contributed by atoms with Gasteiger partial charge < -0.3 is 10.4 Å². The Labute approximate surface area is 199 Å². The highest BCUT2D eigenvalue weighted by atomic mass is 32.1. The van der Waals surface area contributed by atoms with Gasteiger partial charge in [0.15, 0.2) is 5.11 Å². The molecule has 4 fully saturated rings. The second-order valence-corrected chi connectivity index (χ2v) is 10.7. The fraction of sp³-hybridized carbons (Fsp3) is 0.357. The van der Waals surface area contributed by atoms with Crippen molar-refractivity contribution in [3.63, 3.8) is 0 Å². The molecule has 4 bridgehead atoms. The van der Waals surface area contributed by atoms with Gasteiger partial charge in [-0.3, -0.25) is 9.69 Å². The van der Waals surface area contributed by atoms with Crippen molar-refractivity contribution < 1.29 is 9.90 Å². The Morgan fingerprint density at radius 2 is 1.48 bits per heavy atom. The van der Waals surface area contributed by atoms with E-state index in [4.69, 9.17) is 12.2 Å². The molecule has 168 valence electrons. The standard InChI is InChI=1S/C28H28N2O2S/c31-23-10-8-22(9-11-23)30(25-7-3-5-21-4-1-2-6-24(21)25)27(33)29-26(32)28-15-18-12-19(16-28)14-20(13-18)17-28/h1-11,18-20,31H,12-17H2,(H,29,32,33). The van der Waals surface area contributed by atoms with Crippen LogP contribution in [0.4, 0.5) is 11.4 Å². The third-order valence-corrected chi connectivity index (χ3v) is 8.34. The van der Waals surface area contributed by atoms with Gasteiger partial charge in [0.2, 0.25) is 5.91 Å². The lowest BCUT2D eigenvalue weighted by molar-refractivity contribution is -0.144. The van der Waals surface area contributed by atoms with E-state index in [0.29, 0.717) is 22.9 Å². The molecular weight excluding hydrogens is 428 g/mol. The Morgan fingerprint density at radius 1 is 0.879 bits per heavy atom. The van der Waals surface area contributed by atoms with Crippen molar-refractivity contribution in [2.24, 2.45) is 23.2 Å². The molecule has 0 atom stereocenters. The number of aromatic hydroxyl groups is 1. The molecule has 5 heteroatoms. The molecule has 4 saturated carbocycles. The summed E-state index contributed by atoms with van der Waals surface area (Å²) in [6, 6.07) is 21.3. The summed E-state index contributed by atoms with van der Waals surface area (Å²) in [7, 11) is 0. The molecule has 7 rings (SSSR count). The first-order chi connectivity index (χ1) is 16.0. The Balaban J connectivity index is 1.36. The number of phenols is 1. The number of rotatable bonds is 3. The van der Waals surface area contributed by atoms with E-state index in [2.05, 4.69) is 23.5 Å². The minimum atomic E-state index is -0.266. The number of carbonyl (C=O) groups is 1. The molecule has 33 heavy (non-hydrogen) atoms. The van der Waals surface area contributed by atoms with E-state index in [-0.39, 0.29) is 17.1 Å². The Kier molecular flexibility index (Phi) is 4.91. The average Bonchev–Trinajstić information content (AvgIpc) is 2.80. The van der Waals surface area contributed by atoms with Gasteiger partial charge >= 0.3 is 0 Å². The first-order valence-electron chi connectivity index (χ1n) is 11.9. The van der Waals surface area contributed by atoms with Gasteiger partial charge in [0.1, 0.15) is 5.75 Å². The zero-order valence-corrected chi connectivity index (χ0v) is 19.4. The monoisotopic (exact) mass is 456 g/mol. The normalized spacial score (nSPS) is 27.5. The highest BCUT2D eigenvalue weighted by Crippen LogP contribution is 2.60. The zero-order valence-electron chi connectivity index (χ0n) is 18.5. The van der Waals surface area contributed by atoms with Crippen LogP contribution in [0.2, 0.25) is 0 Å². The molecule has 0 radical (unpaired) electrons. The van der Waals surface area contributed by atoms with Gasteiger partial charge in [-0.15, -0.1) is 0 Å². The van der Waals surface area contributed by atoms with Gasteiger partial charge in [-0.2, -0.15) is 0 Å². The molecule has 4 aliphatic rings. The number of thiocarbonyl (C=S) groups is 1. The predicted octanol–water partition coefficient (Wildman–Crippen LogP) is 6.30. The molecule has 0 aromatic heterocycles. The maximum absolute atomic E-state index is 13.7. The van der Waals surface area contributed by atoms with Crippen LogP contribution in [-0.2, 0) is 4.79 Å². The quantitative estimate of drug-likeness (QED) is 0.454. The second kappa shape index (κ2) is 7.84. The van der Waals surface area contributed by atoms with Crippen molar-refractivity contribution in [3.05, 3.63) is 66.7 Å². The van der Waals surface area contributed by atoms with Gasteiger partial charge in [-0.05, 0) is 104 Å². The van der Waals surface area contributed by atoms with Gasteiger partial charge in [0.05, 0.1) is 11.1 Å². The van der Waals surface area contributed by atoms with Crippen molar-refractivity contribution in [2.45, 2.75) is 38.5 Å². The minimum absolute atomic E-state index is 0.0932. The fourth-order valence-electron chi connectivity index (χ4n) is 7.05. The topological polar surface area (TPSA) is 52.6 Å². The maximum Gasteiger partial charge on any atom is 0.232 e. The average molecular weight is 457 g/mol. The number of nitrogens with one attached hydrogen (secondary N) is 1. The van der Waals surface area contributed by atoms with Gasteiger partial charge in [0, 0.05) is 11.1 Å². The summed E-state index contributed by atoms with van der Waals surface area (Å²) >= 11 is 5.90. The molecule has 3 aromatic rings. The van der Waals surface area contributed by atoms with Gasteiger partial charge in [-0.1, -0.05) is 36.4 Å². The first-order valence-corrected chi connectivity index (χ1v) is 12.3. The molecule has 4 aliphatic carbocycles. The molecule has 1 amide bonds. The fourth-order valence-corrected chi connectivity index (χ4v) is 7.34. The second-order valence-electron chi connectivity index (χ2n) is 10.3. The number of anilines is 2. The molecular formula is C28H28N2O2S. The van der Waals surface area contributed by atoms with Crippen LogP contribution >= 0.6 is 12.2 Å². The predicted molar refractivity (Wildman–Crippen MR) is 136 cm³/mol. The van der Waals surface area contributed by atoms with Crippen molar-refractivity contribution in [2.75, 3.05) is 4.90 Å². The largest absolute Gasteiger partial charge is 0.508 e. The van der Waals surface area contributed by atoms with Crippen LogP contribution in [0.1, 0.15) is 38.5 Å². The SMILES string of the molecule is O=C(NC(=S)N(c1ccc(O)cc1)c1cccc2ccccc12)C12CC3CC(CC(C3)C1)C2. The van der Waals surface area contributed by atoms with Gasteiger partial charge in [-0.25, -0.2) is 0 Å². The number of benzene rings is 3. The number of phenolic OH excluding ortho intramolecular Hbond substituents is 1. The van der Waals surface area contributed by atoms with E-state index in [0.717, 1.165) is 41.4 Å². The van der Waals surface area contributed by atoms with Crippen molar-refractivity contribution in [1.82, 2.24) is 5.32 Å². The summed E-state index contributed by atoms with van der Waals surface area (Å²) in [5.74, 6) is 2.38. The molecule has 0 aliphatic heterocycles. The van der Waals surface area contributed by atoms with Crippen molar-refractivity contribution in [3.8, 4) is 5.75 Å². The lowest BCUT2D eigenvalue weighted by atomic mass is 9.49. The van der Waals surface area contributed by atoms with Crippen LogP contribution in [0.15, 0.2) is 66.7 Å². The summed E-state index contributed by atoms with van der Waals surface area (Å²) in [6.45, 7) is 0. The Morgan fingerprint density at radius 3 is 2.15 bits per heavy atom. The summed E-state index contributed by atoms with van der Waals surface area (Å²) in [5.41, 5.74) is 1.45. The Hall–Kier alpha value is -2.92. The zero-order chi connectivity index (χ0) is 22.6. The molecule has 0 unspecified atom stereocenters. The van der Waals surface area contributed by atoms with Crippen LogP contribution in [-0.4, -0.2) is 16.1 Å². The number of carbonyl (C=O) groups excluding carboxylic acids is 1. The Bertz CT molecular complexity index is 1200. The third kappa shape index (κ3) is 3.59. The summed E-state index contributed by atoms with van der Waals surface area (Å²) < 4.78 is 0. The summed E-state index contributed by atoms with van der Waals surface area (Å²) in [5, 5.41) is 15.6. The summed E-state index contributed by atoms with van der Waals surface area (Å²) in [4.78, 5) is 15.7. The first kappa shape index (κ1) is 20.7. The van der Waals surface area contributed by atoms with Crippen molar-refractivity contribution in [1.29, 1.82) is 0 Å². The minimum Gasteiger partial charge on any atom is -0.508 e. The van der Waals surface area contributed by atoms with E-state index in [1.54, 1.807) is 12.1 Å². The number of amides is 1. The number of hydrogen-bond donors (Lipinski definition) is 2. The highest BCUT2D eigenvalue weighted by Gasteiger charge is 2.54. The smallest absolute Gasteiger partial charge is 0.232 e. The third-order valence-electron chi connectivity index (χ3n) is 8.06. The lowest BCUT2D eigenvalue weighted by Gasteiger charge is -2.55. The lowest BCUT2D eigenvalue weighted by Crippen LogP contribution is -2.55. The molecule has 0 saturated heterocycles. The maximum atomic E-state index is 13.7. The van der Waals surface area contributed by atoms with E-state index < -0.39 is 0 Å². The van der Waals surface area contributed by atoms with E-state index >= 15 is 0 Å². The molecule has 4 nitrogen and oxygen atoms in total. The number of nitrogens with zero attached hydrogens (tertiary/aromatic N) is 1. The highest BCUT2D eigenvalue weighted by molar-refractivity contribution is 7.80.